The summed E-state index contributed by atoms with van der Waals surface area (Å²) < 4.78 is 32.3. The Morgan fingerprint density at radius 3 is 2.86 bits per heavy atom. The normalized spacial score (nSPS) is 17.0. The third kappa shape index (κ3) is 4.14. The Bertz CT molecular complexity index is 593. The van der Waals surface area contributed by atoms with Gasteiger partial charge in [0, 0.05) is 25.1 Å². The highest BCUT2D eigenvalue weighted by Gasteiger charge is 2.27. The van der Waals surface area contributed by atoms with Crippen LogP contribution in [0.25, 0.3) is 0 Å². The van der Waals surface area contributed by atoms with Gasteiger partial charge in [-0.2, -0.15) is 4.31 Å². The van der Waals surface area contributed by atoms with Crippen LogP contribution >= 0.6 is 11.3 Å². The van der Waals surface area contributed by atoms with E-state index in [0.29, 0.717) is 23.9 Å². The van der Waals surface area contributed by atoms with Crippen LogP contribution in [0.2, 0.25) is 0 Å². The topological polar surface area (TPSA) is 58.6 Å². The van der Waals surface area contributed by atoms with E-state index < -0.39 is 10.0 Å². The monoisotopic (exact) mass is 330 g/mol. The van der Waals surface area contributed by atoms with Crippen LogP contribution in [0, 0.1) is 0 Å². The number of ether oxygens (including phenoxy) is 1. The third-order valence-corrected chi connectivity index (χ3v) is 6.93. The largest absolute Gasteiger partial charge is 0.380 e. The van der Waals surface area contributed by atoms with Crippen molar-refractivity contribution in [2.45, 2.75) is 17.1 Å². The van der Waals surface area contributed by atoms with Gasteiger partial charge in [-0.3, -0.25) is 0 Å². The van der Waals surface area contributed by atoms with Gasteiger partial charge in [0.15, 0.2) is 0 Å². The molecule has 0 bridgehead atoms. The molecular weight excluding hydrogens is 308 g/mol. The van der Waals surface area contributed by atoms with Gasteiger partial charge >= 0.3 is 0 Å². The van der Waals surface area contributed by atoms with Crippen molar-refractivity contribution in [3.63, 3.8) is 0 Å². The molecule has 0 radical (unpaired) electrons. The second-order valence-corrected chi connectivity index (χ2v) is 8.32. The van der Waals surface area contributed by atoms with Gasteiger partial charge in [-0.1, -0.05) is 6.08 Å². The summed E-state index contributed by atoms with van der Waals surface area (Å²) in [6.07, 6.45) is 3.56. The van der Waals surface area contributed by atoms with Crippen LogP contribution in [0.3, 0.4) is 0 Å². The zero-order valence-electron chi connectivity index (χ0n) is 12.5. The summed E-state index contributed by atoms with van der Waals surface area (Å²) in [6.45, 7) is 2.40. The first-order valence-electron chi connectivity index (χ1n) is 6.98. The van der Waals surface area contributed by atoms with Gasteiger partial charge in [-0.05, 0) is 44.1 Å². The molecular formula is C14H22N2O3S2. The Morgan fingerprint density at radius 1 is 1.43 bits per heavy atom. The van der Waals surface area contributed by atoms with E-state index in [2.05, 4.69) is 5.32 Å². The Morgan fingerprint density at radius 2 is 2.24 bits per heavy atom. The van der Waals surface area contributed by atoms with Crippen LogP contribution in [0.1, 0.15) is 11.3 Å². The van der Waals surface area contributed by atoms with Gasteiger partial charge in [0.05, 0.1) is 6.61 Å². The van der Waals surface area contributed by atoms with Crippen molar-refractivity contribution < 1.29 is 13.2 Å². The molecule has 1 aromatic rings. The average Bonchev–Trinajstić information content (AvgIpc) is 2.96. The van der Waals surface area contributed by atoms with Crippen LogP contribution in [0.15, 0.2) is 28.0 Å². The second-order valence-electron chi connectivity index (χ2n) is 4.98. The molecule has 0 aromatic carbocycles. The van der Waals surface area contributed by atoms with Gasteiger partial charge < -0.3 is 10.1 Å². The van der Waals surface area contributed by atoms with E-state index in [1.54, 1.807) is 17.5 Å². The minimum atomic E-state index is -3.36. The first kappa shape index (κ1) is 16.6. The lowest BCUT2D eigenvalue weighted by Gasteiger charge is -2.25. The summed E-state index contributed by atoms with van der Waals surface area (Å²) in [7, 11) is 0.188. The molecule has 21 heavy (non-hydrogen) atoms. The molecule has 0 aliphatic carbocycles. The number of sulfonamides is 1. The van der Waals surface area contributed by atoms with Crippen LogP contribution in [-0.4, -0.2) is 53.1 Å². The molecule has 1 N–H and O–H groups in total. The lowest BCUT2D eigenvalue weighted by atomic mass is 10.1. The summed E-state index contributed by atoms with van der Waals surface area (Å²) in [6, 6.07) is 3.63. The number of rotatable bonds is 7. The van der Waals surface area contributed by atoms with E-state index in [-0.39, 0.29) is 0 Å². The quantitative estimate of drug-likeness (QED) is 0.769. The summed E-state index contributed by atoms with van der Waals surface area (Å²) in [5.74, 6) is 0. The molecule has 7 heteroatoms. The Kier molecular flexibility index (Phi) is 5.95. The maximum absolute atomic E-state index is 12.6. The van der Waals surface area contributed by atoms with E-state index in [9.17, 15) is 8.42 Å². The Labute approximate surface area is 130 Å². The smallest absolute Gasteiger partial charge is 0.252 e. The van der Waals surface area contributed by atoms with Crippen molar-refractivity contribution in [2.24, 2.45) is 0 Å². The van der Waals surface area contributed by atoms with Gasteiger partial charge in [0.1, 0.15) is 4.21 Å². The number of likely N-dealkylation sites (N-methyl/N-ethyl adjacent to an activating group) is 1. The first-order chi connectivity index (χ1) is 10.1. The average molecular weight is 330 g/mol. The molecule has 2 rings (SSSR count). The highest BCUT2D eigenvalue weighted by atomic mass is 32.2. The highest BCUT2D eigenvalue weighted by Crippen LogP contribution is 2.27. The van der Waals surface area contributed by atoms with Crippen molar-refractivity contribution in [1.29, 1.82) is 0 Å². The van der Waals surface area contributed by atoms with E-state index >= 15 is 0 Å². The van der Waals surface area contributed by atoms with Gasteiger partial charge in [-0.25, -0.2) is 8.42 Å². The van der Waals surface area contributed by atoms with Gasteiger partial charge in [0.25, 0.3) is 10.0 Å². The number of nitrogens with zero attached hydrogens (tertiary/aromatic N) is 1. The minimum Gasteiger partial charge on any atom is -0.380 e. The van der Waals surface area contributed by atoms with E-state index in [4.69, 9.17) is 4.74 Å². The van der Waals surface area contributed by atoms with Gasteiger partial charge in [0.2, 0.25) is 0 Å². The number of hydrogen-bond acceptors (Lipinski definition) is 5. The molecule has 1 aliphatic heterocycles. The van der Waals surface area contributed by atoms with E-state index in [1.165, 1.54) is 16.9 Å². The molecule has 0 saturated heterocycles. The van der Waals surface area contributed by atoms with Crippen LogP contribution in [0.4, 0.5) is 0 Å². The maximum Gasteiger partial charge on any atom is 0.252 e. The standard InChI is InChI=1S/C14H22N2O3S2/c1-15-8-5-13-3-4-14(20-13)21(17,18)16-9-6-12(7-10-16)11-19-2/h3-4,6,15H,5,7-11H2,1-2H3. The lowest BCUT2D eigenvalue weighted by molar-refractivity contribution is 0.219. The first-order valence-corrected chi connectivity index (χ1v) is 9.24. The third-order valence-electron chi connectivity index (χ3n) is 3.45. The summed E-state index contributed by atoms with van der Waals surface area (Å²) in [5, 5.41) is 3.07. The molecule has 118 valence electrons. The van der Waals surface area contributed by atoms with E-state index in [0.717, 1.165) is 24.3 Å². The lowest BCUT2D eigenvalue weighted by Crippen LogP contribution is -2.34. The Balaban J connectivity index is 2.06. The van der Waals surface area contributed by atoms with Crippen LogP contribution in [0.5, 0.6) is 0 Å². The molecule has 0 amide bonds. The van der Waals surface area contributed by atoms with Crippen molar-refractivity contribution in [3.05, 3.63) is 28.7 Å². The molecule has 1 aliphatic rings. The fourth-order valence-electron chi connectivity index (χ4n) is 2.23. The molecule has 0 unspecified atom stereocenters. The zero-order chi connectivity index (χ0) is 15.3. The number of thiophene rings is 1. The fraction of sp³-hybridized carbons (Fsp3) is 0.571. The molecule has 5 nitrogen and oxygen atoms in total. The molecule has 0 atom stereocenters. The molecule has 1 aromatic heterocycles. The minimum absolute atomic E-state index is 0.435. The second kappa shape index (κ2) is 7.51. The SMILES string of the molecule is CNCCc1ccc(S(=O)(=O)N2CC=C(COC)CC2)s1. The van der Waals surface area contributed by atoms with Crippen molar-refractivity contribution in [2.75, 3.05) is 40.4 Å². The number of hydrogen-bond donors (Lipinski definition) is 1. The number of methoxy groups -OCH3 is 1. The molecule has 0 saturated carbocycles. The number of nitrogens with one attached hydrogen (secondary N) is 1. The fourth-order valence-corrected chi connectivity index (χ4v) is 5.12. The molecule has 2 heterocycles. The summed E-state index contributed by atoms with van der Waals surface area (Å²) in [5.41, 5.74) is 1.17. The maximum atomic E-state index is 12.6. The van der Waals surface area contributed by atoms with Crippen molar-refractivity contribution in [1.82, 2.24) is 9.62 Å². The Hall–Kier alpha value is -0.730. The summed E-state index contributed by atoms with van der Waals surface area (Å²) >= 11 is 1.37. The predicted octanol–water partition coefficient (Wildman–Crippen LogP) is 1.48. The molecule has 0 fully saturated rings. The van der Waals surface area contributed by atoms with Crippen molar-refractivity contribution in [3.8, 4) is 0 Å². The van der Waals surface area contributed by atoms with Crippen LogP contribution in [-0.2, 0) is 21.2 Å². The van der Waals surface area contributed by atoms with Crippen molar-refractivity contribution >= 4 is 21.4 Å². The highest BCUT2D eigenvalue weighted by molar-refractivity contribution is 7.91. The van der Waals surface area contributed by atoms with E-state index in [1.807, 2.05) is 19.2 Å². The predicted molar refractivity (Wildman–Crippen MR) is 85.3 cm³/mol. The zero-order valence-corrected chi connectivity index (χ0v) is 14.1. The van der Waals surface area contributed by atoms with Gasteiger partial charge in [-0.15, -0.1) is 11.3 Å². The van der Waals surface area contributed by atoms with Crippen LogP contribution < -0.4 is 5.32 Å². The summed E-state index contributed by atoms with van der Waals surface area (Å²) in [4.78, 5) is 1.09. The molecule has 0 spiro atoms.